The van der Waals surface area contributed by atoms with Gasteiger partial charge in [0.2, 0.25) is 0 Å². The van der Waals surface area contributed by atoms with E-state index in [1.165, 1.54) is 10.8 Å². The lowest BCUT2D eigenvalue weighted by molar-refractivity contribution is 0.671. The van der Waals surface area contributed by atoms with Crippen molar-refractivity contribution in [3.05, 3.63) is 151 Å². The van der Waals surface area contributed by atoms with Crippen LogP contribution in [-0.2, 0) is 0 Å². The van der Waals surface area contributed by atoms with Crippen LogP contribution in [0.25, 0.3) is 88.2 Å². The zero-order valence-corrected chi connectivity index (χ0v) is 25.1. The first-order valence-electron chi connectivity index (χ1n) is 15.6. The average Bonchev–Trinajstić information content (AvgIpc) is 3.79. The third-order valence-corrected chi connectivity index (χ3v) is 9.36. The lowest BCUT2D eigenvalue weighted by Crippen LogP contribution is -1.97. The van der Waals surface area contributed by atoms with E-state index in [9.17, 15) is 5.26 Å². The van der Waals surface area contributed by atoms with Crippen LogP contribution in [0.5, 0.6) is 0 Å². The zero-order chi connectivity index (χ0) is 31.1. The lowest BCUT2D eigenvalue weighted by Gasteiger charge is -2.13. The van der Waals surface area contributed by atoms with Gasteiger partial charge in [-0.25, -0.2) is 4.98 Å². The van der Waals surface area contributed by atoms with Crippen LogP contribution >= 0.6 is 0 Å². The van der Waals surface area contributed by atoms with Gasteiger partial charge in [-0.2, -0.15) is 5.26 Å². The van der Waals surface area contributed by atoms with Gasteiger partial charge in [0.15, 0.2) is 5.58 Å². The molecule has 0 unspecified atom stereocenters. The third-order valence-electron chi connectivity index (χ3n) is 9.36. The first-order chi connectivity index (χ1) is 23.3. The van der Waals surface area contributed by atoms with Crippen LogP contribution in [0.15, 0.2) is 150 Å². The summed E-state index contributed by atoms with van der Waals surface area (Å²) in [6.45, 7) is 0. The van der Waals surface area contributed by atoms with Gasteiger partial charge in [0.05, 0.1) is 28.2 Å². The summed E-state index contributed by atoms with van der Waals surface area (Å²) in [4.78, 5) is 4.87. The van der Waals surface area contributed by atoms with Crippen molar-refractivity contribution in [3.63, 3.8) is 0 Å². The number of furan rings is 1. The van der Waals surface area contributed by atoms with Crippen LogP contribution < -0.4 is 0 Å². The summed E-state index contributed by atoms with van der Waals surface area (Å²) < 4.78 is 11.0. The van der Waals surface area contributed by atoms with E-state index in [4.69, 9.17) is 9.40 Å². The molecule has 6 aromatic carbocycles. The standard InChI is InChI=1S/C42H24N4O/c43-25-26-21-28(24-30(22-26)45-37-15-4-1-11-31(37)32-12-2-5-16-38(32)45)27-9-7-10-29(23-27)46-40-34(36-14-8-20-44-42(36)46)18-19-35-33-13-3-6-17-39(33)47-41(35)40/h1-24H. The number of fused-ring (bicyclic) bond motifs is 10. The van der Waals surface area contributed by atoms with Crippen LogP contribution in [0.1, 0.15) is 5.56 Å². The van der Waals surface area contributed by atoms with Crippen LogP contribution in [0, 0.1) is 11.3 Å². The second kappa shape index (κ2) is 9.68. The Bertz CT molecular complexity index is 2880. The fourth-order valence-corrected chi connectivity index (χ4v) is 7.35. The van der Waals surface area contributed by atoms with Gasteiger partial charge in [0.1, 0.15) is 11.2 Å². The fourth-order valence-electron chi connectivity index (χ4n) is 7.35. The molecule has 0 bridgehead atoms. The van der Waals surface area contributed by atoms with E-state index >= 15 is 0 Å². The van der Waals surface area contributed by atoms with Gasteiger partial charge in [0, 0.05) is 49.9 Å². The van der Waals surface area contributed by atoms with Crippen molar-refractivity contribution in [3.8, 4) is 28.6 Å². The molecule has 0 aliphatic carbocycles. The monoisotopic (exact) mass is 600 g/mol. The maximum absolute atomic E-state index is 10.2. The Morgan fingerprint density at radius 2 is 1.23 bits per heavy atom. The third kappa shape index (κ3) is 3.67. The number of pyridine rings is 1. The van der Waals surface area contributed by atoms with Gasteiger partial charge in [-0.15, -0.1) is 0 Å². The largest absolute Gasteiger partial charge is 0.454 e. The van der Waals surface area contributed by atoms with E-state index in [-0.39, 0.29) is 0 Å². The van der Waals surface area contributed by atoms with Crippen LogP contribution in [0.2, 0.25) is 0 Å². The van der Waals surface area contributed by atoms with Crippen molar-refractivity contribution in [1.29, 1.82) is 5.26 Å². The Hall–Kier alpha value is -6.64. The molecule has 0 aliphatic rings. The van der Waals surface area contributed by atoms with Gasteiger partial charge in [0.25, 0.3) is 0 Å². The predicted octanol–water partition coefficient (Wildman–Crippen LogP) is 10.7. The molecule has 10 rings (SSSR count). The van der Waals surface area contributed by atoms with E-state index in [1.807, 2.05) is 42.6 Å². The fraction of sp³-hybridized carbons (Fsp3) is 0. The summed E-state index contributed by atoms with van der Waals surface area (Å²) in [5.74, 6) is 0. The molecule has 0 radical (unpaired) electrons. The number of rotatable bonds is 3. The molecular weight excluding hydrogens is 576 g/mol. The SMILES string of the molecule is N#Cc1cc(-c2cccc(-n3c4ncccc4c4ccc5c6ccccc6oc5c43)c2)cc(-n2c3ccccc3c3ccccc32)c1. The van der Waals surface area contributed by atoms with Gasteiger partial charge in [-0.1, -0.05) is 72.8 Å². The zero-order valence-electron chi connectivity index (χ0n) is 25.1. The molecule has 0 spiro atoms. The molecular formula is C42H24N4O. The quantitative estimate of drug-likeness (QED) is 0.203. The normalized spacial score (nSPS) is 11.8. The molecule has 10 aromatic rings. The van der Waals surface area contributed by atoms with Crippen molar-refractivity contribution in [1.82, 2.24) is 14.1 Å². The number of hydrogen-bond acceptors (Lipinski definition) is 3. The minimum atomic E-state index is 0.604. The van der Waals surface area contributed by atoms with E-state index in [0.29, 0.717) is 5.56 Å². The maximum atomic E-state index is 10.2. The Balaban J connectivity index is 1.22. The Labute approximate surface area is 268 Å². The molecule has 0 aliphatic heterocycles. The minimum Gasteiger partial charge on any atom is -0.454 e. The van der Waals surface area contributed by atoms with Crippen molar-refractivity contribution in [2.45, 2.75) is 0 Å². The van der Waals surface area contributed by atoms with E-state index < -0.39 is 0 Å². The van der Waals surface area contributed by atoms with Crippen LogP contribution in [0.3, 0.4) is 0 Å². The highest BCUT2D eigenvalue weighted by Gasteiger charge is 2.20. The van der Waals surface area contributed by atoms with Gasteiger partial charge < -0.3 is 8.98 Å². The summed E-state index contributed by atoms with van der Waals surface area (Å²) in [7, 11) is 0. The summed E-state index contributed by atoms with van der Waals surface area (Å²) >= 11 is 0. The summed E-state index contributed by atoms with van der Waals surface area (Å²) in [5, 5.41) is 16.9. The van der Waals surface area contributed by atoms with Gasteiger partial charge >= 0.3 is 0 Å². The molecule has 0 N–H and O–H groups in total. The van der Waals surface area contributed by atoms with Crippen molar-refractivity contribution >= 4 is 65.7 Å². The molecule has 5 heteroatoms. The van der Waals surface area contributed by atoms with Crippen LogP contribution in [0.4, 0.5) is 0 Å². The molecule has 4 heterocycles. The van der Waals surface area contributed by atoms with E-state index in [0.717, 1.165) is 77.4 Å². The predicted molar refractivity (Wildman–Crippen MR) is 190 cm³/mol. The molecule has 0 saturated heterocycles. The van der Waals surface area contributed by atoms with Crippen molar-refractivity contribution in [2.75, 3.05) is 0 Å². The maximum Gasteiger partial charge on any atom is 0.160 e. The highest BCUT2D eigenvalue weighted by molar-refractivity contribution is 6.21. The number of aromatic nitrogens is 3. The average molecular weight is 601 g/mol. The first-order valence-corrected chi connectivity index (χ1v) is 15.6. The Morgan fingerprint density at radius 1 is 0.532 bits per heavy atom. The highest BCUT2D eigenvalue weighted by atomic mass is 16.3. The van der Waals surface area contributed by atoms with Crippen molar-refractivity contribution < 1.29 is 4.42 Å². The second-order valence-corrected chi connectivity index (χ2v) is 11.9. The minimum absolute atomic E-state index is 0.604. The van der Waals surface area contributed by atoms with Crippen molar-refractivity contribution in [2.24, 2.45) is 0 Å². The first kappa shape index (κ1) is 25.7. The molecule has 0 saturated carbocycles. The van der Waals surface area contributed by atoms with E-state index in [1.54, 1.807) is 0 Å². The number of nitrogens with zero attached hydrogens (tertiary/aromatic N) is 4. The molecule has 0 fully saturated rings. The summed E-state index contributed by atoms with van der Waals surface area (Å²) in [6.07, 6.45) is 1.84. The number of hydrogen-bond donors (Lipinski definition) is 0. The molecule has 5 nitrogen and oxygen atoms in total. The molecule has 47 heavy (non-hydrogen) atoms. The summed E-state index contributed by atoms with van der Waals surface area (Å²) in [5.41, 5.74) is 10.3. The summed E-state index contributed by atoms with van der Waals surface area (Å²) in [6, 6.07) is 50.5. The second-order valence-electron chi connectivity index (χ2n) is 11.9. The highest BCUT2D eigenvalue weighted by Crippen LogP contribution is 2.40. The lowest BCUT2D eigenvalue weighted by atomic mass is 10.0. The molecule has 0 atom stereocenters. The van der Waals surface area contributed by atoms with Gasteiger partial charge in [-0.05, 0) is 77.9 Å². The molecule has 0 amide bonds. The molecule has 4 aromatic heterocycles. The smallest absolute Gasteiger partial charge is 0.160 e. The Kier molecular flexibility index (Phi) is 5.28. The Morgan fingerprint density at radius 3 is 2.04 bits per heavy atom. The number of nitriles is 1. The number of benzene rings is 6. The molecule has 218 valence electrons. The topological polar surface area (TPSA) is 59.7 Å². The number of para-hydroxylation sites is 3. The van der Waals surface area contributed by atoms with Gasteiger partial charge in [-0.3, -0.25) is 4.57 Å². The van der Waals surface area contributed by atoms with Crippen LogP contribution in [-0.4, -0.2) is 14.1 Å². The van der Waals surface area contributed by atoms with E-state index in [2.05, 4.69) is 118 Å².